The first-order chi connectivity index (χ1) is 6.19. The lowest BCUT2D eigenvalue weighted by Gasteiger charge is -2.04. The molecule has 1 aromatic rings. The molecule has 0 aromatic carbocycles. The number of hydrogen-bond donors (Lipinski definition) is 0. The van der Waals surface area contributed by atoms with Gasteiger partial charge < -0.3 is 4.74 Å². The average Bonchev–Trinajstić information content (AvgIpc) is 2.43. The second-order valence-corrected chi connectivity index (χ2v) is 4.78. The molecule has 0 saturated heterocycles. The molecule has 0 amide bonds. The molecular weight excluding hydrogens is 274 g/mol. The first kappa shape index (κ1) is 11.0. The molecule has 1 rings (SSSR count). The Kier molecular flexibility index (Phi) is 4.20. The number of rotatable bonds is 3. The second-order valence-electron chi connectivity index (χ2n) is 2.23. The summed E-state index contributed by atoms with van der Waals surface area (Å²) in [5.74, 6) is 0. The molecule has 0 radical (unpaired) electrons. The van der Waals surface area contributed by atoms with Gasteiger partial charge in [-0.15, -0.1) is 11.3 Å². The molecule has 1 unspecified atom stereocenters. The molecule has 1 aromatic heterocycles. The normalized spacial score (nSPS) is 12.5. The predicted octanol–water partition coefficient (Wildman–Crippen LogP) is 3.77. The minimum atomic E-state index is -0.501. The Morgan fingerprint density at radius 1 is 1.85 bits per heavy atom. The zero-order valence-electron chi connectivity index (χ0n) is 6.88. The zero-order chi connectivity index (χ0) is 9.84. The van der Waals surface area contributed by atoms with E-state index in [4.69, 9.17) is 21.6 Å². The first-order valence-corrected chi connectivity index (χ1v) is 5.63. The van der Waals surface area contributed by atoms with Gasteiger partial charge in [0.05, 0.1) is 4.88 Å². The highest BCUT2D eigenvalue weighted by Gasteiger charge is 2.14. The Labute approximate surface area is 94.2 Å². The Bertz CT molecular complexity index is 314. The van der Waals surface area contributed by atoms with Crippen molar-refractivity contribution in [2.75, 3.05) is 6.61 Å². The highest BCUT2D eigenvalue weighted by atomic mass is 79.9. The molecule has 70 valence electrons. The van der Waals surface area contributed by atoms with E-state index in [-0.39, 0.29) is 0 Å². The lowest BCUT2D eigenvalue weighted by Crippen LogP contribution is -1.98. The van der Waals surface area contributed by atoms with Crippen LogP contribution in [0.4, 0.5) is 0 Å². The summed E-state index contributed by atoms with van der Waals surface area (Å²) < 4.78 is 6.68. The van der Waals surface area contributed by atoms with E-state index in [0.717, 1.165) is 9.35 Å². The van der Waals surface area contributed by atoms with Crippen molar-refractivity contribution in [1.82, 2.24) is 0 Å². The van der Waals surface area contributed by atoms with Crippen molar-refractivity contribution in [3.05, 3.63) is 19.8 Å². The first-order valence-electron chi connectivity index (χ1n) is 3.65. The van der Waals surface area contributed by atoms with E-state index < -0.39 is 6.10 Å². The Morgan fingerprint density at radius 3 is 2.92 bits per heavy atom. The molecule has 0 aliphatic rings. The third-order valence-electron chi connectivity index (χ3n) is 1.37. The van der Waals surface area contributed by atoms with Crippen LogP contribution in [0.1, 0.15) is 17.9 Å². The summed E-state index contributed by atoms with van der Waals surface area (Å²) in [6.07, 6.45) is -0.501. The fourth-order valence-corrected chi connectivity index (χ4v) is 2.57. The largest absolute Gasteiger partial charge is 0.358 e. The van der Waals surface area contributed by atoms with Crippen molar-refractivity contribution in [2.45, 2.75) is 13.0 Å². The van der Waals surface area contributed by atoms with Crippen LogP contribution in [0.15, 0.2) is 10.5 Å². The summed E-state index contributed by atoms with van der Waals surface area (Å²) >= 11 is 10.5. The molecule has 2 nitrogen and oxygen atoms in total. The molecule has 0 aliphatic heterocycles. The van der Waals surface area contributed by atoms with Gasteiger partial charge in [-0.1, -0.05) is 11.6 Å². The van der Waals surface area contributed by atoms with Crippen LogP contribution in [0.2, 0.25) is 4.34 Å². The van der Waals surface area contributed by atoms with Crippen LogP contribution in [-0.4, -0.2) is 6.61 Å². The van der Waals surface area contributed by atoms with Crippen LogP contribution < -0.4 is 0 Å². The van der Waals surface area contributed by atoms with Gasteiger partial charge in [-0.3, -0.25) is 0 Å². The minimum Gasteiger partial charge on any atom is -0.358 e. The molecule has 0 spiro atoms. The van der Waals surface area contributed by atoms with E-state index >= 15 is 0 Å². The van der Waals surface area contributed by atoms with E-state index in [2.05, 4.69) is 22.0 Å². The second kappa shape index (κ2) is 4.97. The summed E-state index contributed by atoms with van der Waals surface area (Å²) in [7, 11) is 0. The van der Waals surface area contributed by atoms with Gasteiger partial charge in [-0.25, -0.2) is 0 Å². The SMILES string of the molecule is CCOC(C#N)c1cc(Br)c(Cl)s1. The quantitative estimate of drug-likeness (QED) is 0.844. The number of nitriles is 1. The summed E-state index contributed by atoms with van der Waals surface area (Å²) in [5, 5.41) is 8.78. The third kappa shape index (κ3) is 2.68. The maximum absolute atomic E-state index is 8.78. The molecule has 0 fully saturated rings. The van der Waals surface area contributed by atoms with Crippen molar-refractivity contribution in [2.24, 2.45) is 0 Å². The molecule has 5 heteroatoms. The molecule has 0 aliphatic carbocycles. The van der Waals surface area contributed by atoms with Crippen LogP contribution in [0, 0.1) is 11.3 Å². The van der Waals surface area contributed by atoms with Crippen LogP contribution in [0.25, 0.3) is 0 Å². The summed E-state index contributed by atoms with van der Waals surface area (Å²) in [5.41, 5.74) is 0. The van der Waals surface area contributed by atoms with E-state index in [1.807, 2.05) is 13.0 Å². The fourth-order valence-electron chi connectivity index (χ4n) is 0.842. The van der Waals surface area contributed by atoms with Gasteiger partial charge in [0.15, 0.2) is 6.10 Å². The van der Waals surface area contributed by atoms with E-state index in [1.165, 1.54) is 11.3 Å². The van der Waals surface area contributed by atoms with Crippen LogP contribution >= 0.6 is 38.9 Å². The number of ether oxygens (including phenoxy) is 1. The third-order valence-corrected chi connectivity index (χ3v) is 3.89. The molecule has 13 heavy (non-hydrogen) atoms. The summed E-state index contributed by atoms with van der Waals surface area (Å²) in [6.45, 7) is 2.37. The standard InChI is InChI=1S/C8H7BrClNOS/c1-2-12-6(4-11)7-3-5(9)8(10)13-7/h3,6H,2H2,1H3. The van der Waals surface area contributed by atoms with Crippen molar-refractivity contribution < 1.29 is 4.74 Å². The van der Waals surface area contributed by atoms with Crippen molar-refractivity contribution >= 4 is 38.9 Å². The van der Waals surface area contributed by atoms with E-state index in [9.17, 15) is 0 Å². The summed E-state index contributed by atoms with van der Waals surface area (Å²) in [6, 6.07) is 3.88. The van der Waals surface area contributed by atoms with Crippen molar-refractivity contribution in [3.8, 4) is 6.07 Å². The topological polar surface area (TPSA) is 33.0 Å². The van der Waals surface area contributed by atoms with Crippen molar-refractivity contribution in [3.63, 3.8) is 0 Å². The fraction of sp³-hybridized carbons (Fsp3) is 0.375. The maximum atomic E-state index is 8.78. The lowest BCUT2D eigenvalue weighted by atomic mass is 10.3. The van der Waals surface area contributed by atoms with Gasteiger partial charge in [-0.2, -0.15) is 5.26 Å². The maximum Gasteiger partial charge on any atom is 0.178 e. The van der Waals surface area contributed by atoms with Gasteiger partial charge >= 0.3 is 0 Å². The van der Waals surface area contributed by atoms with Gasteiger partial charge in [-0.05, 0) is 28.9 Å². The minimum absolute atomic E-state index is 0.501. The molecule has 0 N–H and O–H groups in total. The molecule has 0 saturated carbocycles. The summed E-state index contributed by atoms with van der Waals surface area (Å²) in [4.78, 5) is 0.834. The van der Waals surface area contributed by atoms with E-state index in [0.29, 0.717) is 10.9 Å². The van der Waals surface area contributed by atoms with Gasteiger partial charge in [0.1, 0.15) is 10.4 Å². The zero-order valence-corrected chi connectivity index (χ0v) is 10.0. The van der Waals surface area contributed by atoms with E-state index in [1.54, 1.807) is 0 Å². The van der Waals surface area contributed by atoms with Gasteiger partial charge in [0, 0.05) is 11.1 Å². The Balaban J connectivity index is 2.87. The Hall–Kier alpha value is -0.0800. The molecule has 1 heterocycles. The number of nitrogens with zero attached hydrogens (tertiary/aromatic N) is 1. The molecular formula is C8H7BrClNOS. The smallest absolute Gasteiger partial charge is 0.178 e. The van der Waals surface area contributed by atoms with Gasteiger partial charge in [0.2, 0.25) is 0 Å². The highest BCUT2D eigenvalue weighted by molar-refractivity contribution is 9.10. The molecule has 0 bridgehead atoms. The number of halogens is 2. The highest BCUT2D eigenvalue weighted by Crippen LogP contribution is 2.35. The van der Waals surface area contributed by atoms with Crippen LogP contribution in [0.5, 0.6) is 0 Å². The molecule has 1 atom stereocenters. The Morgan fingerprint density at radius 2 is 2.54 bits per heavy atom. The average molecular weight is 281 g/mol. The lowest BCUT2D eigenvalue weighted by molar-refractivity contribution is 0.104. The van der Waals surface area contributed by atoms with Crippen LogP contribution in [0.3, 0.4) is 0 Å². The van der Waals surface area contributed by atoms with Crippen molar-refractivity contribution in [1.29, 1.82) is 5.26 Å². The number of thiophene rings is 1. The van der Waals surface area contributed by atoms with Gasteiger partial charge in [0.25, 0.3) is 0 Å². The predicted molar refractivity (Wildman–Crippen MR) is 57.0 cm³/mol. The van der Waals surface area contributed by atoms with Crippen LogP contribution in [-0.2, 0) is 4.74 Å². The monoisotopic (exact) mass is 279 g/mol. The number of hydrogen-bond acceptors (Lipinski definition) is 3.